The number of hydrogen-bond acceptors (Lipinski definition) is 4. The highest BCUT2D eigenvalue weighted by atomic mass is 32.2. The molecule has 0 saturated carbocycles. The van der Waals surface area contributed by atoms with Gasteiger partial charge in [-0.2, -0.15) is 0 Å². The van der Waals surface area contributed by atoms with Crippen LogP contribution in [-0.2, 0) is 20.6 Å². The largest absolute Gasteiger partial charge is 0.294 e. The summed E-state index contributed by atoms with van der Waals surface area (Å²) in [5, 5.41) is 0. The number of carbonyl (C=O) groups is 1. The first-order chi connectivity index (χ1) is 8.88. The first-order valence-electron chi connectivity index (χ1n) is 5.99. The van der Waals surface area contributed by atoms with E-state index in [0.717, 1.165) is 6.26 Å². The third-order valence-electron chi connectivity index (χ3n) is 2.55. The molecule has 0 N–H and O–H groups in total. The molecule has 1 atom stereocenters. The van der Waals surface area contributed by atoms with Gasteiger partial charge in [-0.3, -0.25) is 9.00 Å². The van der Waals surface area contributed by atoms with Crippen molar-refractivity contribution in [1.82, 2.24) is 0 Å². The van der Waals surface area contributed by atoms with Gasteiger partial charge in [-0.25, -0.2) is 8.42 Å². The van der Waals surface area contributed by atoms with E-state index in [1.165, 1.54) is 0 Å². The van der Waals surface area contributed by atoms with Gasteiger partial charge >= 0.3 is 0 Å². The summed E-state index contributed by atoms with van der Waals surface area (Å²) < 4.78 is 33.4. The minimum atomic E-state index is -3.06. The Morgan fingerprint density at radius 1 is 1.16 bits per heavy atom. The van der Waals surface area contributed by atoms with E-state index in [9.17, 15) is 17.4 Å². The van der Waals surface area contributed by atoms with E-state index in [4.69, 9.17) is 0 Å². The standard InChI is InChI=1S/C13H18O4S2/c1-19(16,17)11-10-18(15)9-5-8-13(14)12-6-3-2-4-7-12/h2-4,6-7H,5,8-11H2,1H3. The zero-order valence-corrected chi connectivity index (χ0v) is 12.5. The summed E-state index contributed by atoms with van der Waals surface area (Å²) >= 11 is 0. The summed E-state index contributed by atoms with van der Waals surface area (Å²) in [5.41, 5.74) is 0.657. The van der Waals surface area contributed by atoms with E-state index in [0.29, 0.717) is 24.2 Å². The van der Waals surface area contributed by atoms with Crippen LogP contribution < -0.4 is 0 Å². The summed E-state index contributed by atoms with van der Waals surface area (Å²) in [6.07, 6.45) is 1.99. The van der Waals surface area contributed by atoms with E-state index in [1.54, 1.807) is 24.3 Å². The summed E-state index contributed by atoms with van der Waals surface area (Å²) in [6.45, 7) is 0. The molecule has 0 heterocycles. The average Bonchev–Trinajstić information content (AvgIpc) is 2.36. The molecule has 106 valence electrons. The fourth-order valence-corrected chi connectivity index (χ4v) is 4.13. The minimum absolute atomic E-state index is 0.0284. The van der Waals surface area contributed by atoms with Crippen molar-refractivity contribution in [2.75, 3.05) is 23.5 Å². The van der Waals surface area contributed by atoms with Crippen LogP contribution in [0.2, 0.25) is 0 Å². The molecule has 4 nitrogen and oxygen atoms in total. The number of sulfone groups is 1. The molecule has 6 heteroatoms. The van der Waals surface area contributed by atoms with Gasteiger partial charge < -0.3 is 0 Å². The quantitative estimate of drug-likeness (QED) is 0.682. The monoisotopic (exact) mass is 302 g/mol. The molecule has 0 spiro atoms. The van der Waals surface area contributed by atoms with Gasteiger partial charge in [0.2, 0.25) is 0 Å². The topological polar surface area (TPSA) is 68.3 Å². The van der Waals surface area contributed by atoms with Crippen molar-refractivity contribution < 1.29 is 17.4 Å². The van der Waals surface area contributed by atoms with Gasteiger partial charge in [-0.05, 0) is 6.42 Å². The summed E-state index contributed by atoms with van der Waals surface area (Å²) in [5.74, 6) is 0.485. The Bertz CT molecular complexity index is 535. The Hall–Kier alpha value is -1.01. The molecule has 1 aromatic rings. The van der Waals surface area contributed by atoms with Crippen molar-refractivity contribution in [3.05, 3.63) is 35.9 Å². The highest BCUT2D eigenvalue weighted by molar-refractivity contribution is 7.92. The van der Waals surface area contributed by atoms with Gasteiger partial charge in [0.05, 0.1) is 5.75 Å². The number of ketones is 1. The fraction of sp³-hybridized carbons (Fsp3) is 0.462. The molecule has 0 fully saturated rings. The Morgan fingerprint density at radius 2 is 1.79 bits per heavy atom. The van der Waals surface area contributed by atoms with E-state index < -0.39 is 20.6 Å². The number of benzene rings is 1. The molecule has 0 aliphatic carbocycles. The summed E-state index contributed by atoms with van der Waals surface area (Å²) in [4.78, 5) is 11.7. The van der Waals surface area contributed by atoms with Crippen LogP contribution in [0.4, 0.5) is 0 Å². The van der Waals surface area contributed by atoms with Gasteiger partial charge in [0.1, 0.15) is 9.84 Å². The van der Waals surface area contributed by atoms with Crippen molar-refractivity contribution in [1.29, 1.82) is 0 Å². The van der Waals surface area contributed by atoms with E-state index in [2.05, 4.69) is 0 Å². The van der Waals surface area contributed by atoms with Crippen molar-refractivity contribution in [3.63, 3.8) is 0 Å². The van der Waals surface area contributed by atoms with Gasteiger partial charge in [0, 0.05) is 40.5 Å². The van der Waals surface area contributed by atoms with E-state index >= 15 is 0 Å². The maximum absolute atomic E-state index is 11.7. The third-order valence-corrected chi connectivity index (χ3v) is 5.16. The van der Waals surface area contributed by atoms with Crippen molar-refractivity contribution in [3.8, 4) is 0 Å². The molecule has 1 rings (SSSR count). The number of Topliss-reactive ketones (excluding diaryl/α,β-unsaturated/α-hetero) is 1. The maximum atomic E-state index is 11.7. The highest BCUT2D eigenvalue weighted by Crippen LogP contribution is 2.05. The minimum Gasteiger partial charge on any atom is -0.294 e. The lowest BCUT2D eigenvalue weighted by Gasteiger charge is -2.02. The van der Waals surface area contributed by atoms with Crippen molar-refractivity contribution >= 4 is 26.4 Å². The molecule has 0 amide bonds. The normalized spacial score (nSPS) is 13.1. The molecule has 1 aromatic carbocycles. The molecule has 0 radical (unpaired) electrons. The second kappa shape index (κ2) is 7.55. The smallest absolute Gasteiger partial charge is 0.162 e. The molecule has 1 unspecified atom stereocenters. The van der Waals surface area contributed by atoms with Crippen LogP contribution in [0.15, 0.2) is 30.3 Å². The van der Waals surface area contributed by atoms with Crippen LogP contribution in [-0.4, -0.2) is 41.9 Å². The lowest BCUT2D eigenvalue weighted by molar-refractivity contribution is 0.0982. The molecule has 0 saturated heterocycles. The molecule has 0 bridgehead atoms. The van der Waals surface area contributed by atoms with Crippen molar-refractivity contribution in [2.45, 2.75) is 12.8 Å². The predicted molar refractivity (Wildman–Crippen MR) is 77.6 cm³/mol. The zero-order valence-electron chi connectivity index (χ0n) is 10.9. The highest BCUT2D eigenvalue weighted by Gasteiger charge is 2.09. The lowest BCUT2D eigenvalue weighted by Crippen LogP contribution is -2.14. The Balaban J connectivity index is 2.27. The molecule has 19 heavy (non-hydrogen) atoms. The van der Waals surface area contributed by atoms with Crippen LogP contribution in [0.25, 0.3) is 0 Å². The van der Waals surface area contributed by atoms with Crippen LogP contribution in [0, 0.1) is 0 Å². The number of carbonyl (C=O) groups excluding carboxylic acids is 1. The summed E-state index contributed by atoms with van der Waals surface area (Å²) in [6, 6.07) is 8.96. The molecule has 0 aliphatic rings. The maximum Gasteiger partial charge on any atom is 0.162 e. The van der Waals surface area contributed by atoms with Crippen LogP contribution in [0.1, 0.15) is 23.2 Å². The number of rotatable bonds is 8. The SMILES string of the molecule is CS(=O)(=O)CCS(=O)CCCC(=O)c1ccccc1. The Kier molecular flexibility index (Phi) is 6.37. The van der Waals surface area contributed by atoms with Crippen LogP contribution in [0.3, 0.4) is 0 Å². The van der Waals surface area contributed by atoms with Crippen LogP contribution >= 0.6 is 0 Å². The van der Waals surface area contributed by atoms with Gasteiger partial charge in [0.25, 0.3) is 0 Å². The van der Waals surface area contributed by atoms with Gasteiger partial charge in [0.15, 0.2) is 5.78 Å². The van der Waals surface area contributed by atoms with Gasteiger partial charge in [-0.1, -0.05) is 30.3 Å². The number of hydrogen-bond donors (Lipinski definition) is 0. The first-order valence-corrected chi connectivity index (χ1v) is 9.54. The zero-order chi connectivity index (χ0) is 14.3. The van der Waals surface area contributed by atoms with Crippen LogP contribution in [0.5, 0.6) is 0 Å². The van der Waals surface area contributed by atoms with E-state index in [1.807, 2.05) is 6.07 Å². The Labute approximate surface area is 116 Å². The lowest BCUT2D eigenvalue weighted by atomic mass is 10.1. The molecular weight excluding hydrogens is 284 g/mol. The third kappa shape index (κ3) is 7.22. The predicted octanol–water partition coefficient (Wildman–Crippen LogP) is 1.44. The molecule has 0 aromatic heterocycles. The second-order valence-corrected chi connectivity index (χ2v) is 8.33. The second-order valence-electron chi connectivity index (χ2n) is 4.37. The molecule has 0 aliphatic heterocycles. The first kappa shape index (κ1) is 16.0. The average molecular weight is 302 g/mol. The van der Waals surface area contributed by atoms with Gasteiger partial charge in [-0.15, -0.1) is 0 Å². The Morgan fingerprint density at radius 3 is 2.37 bits per heavy atom. The van der Waals surface area contributed by atoms with Crippen molar-refractivity contribution in [2.24, 2.45) is 0 Å². The summed E-state index contributed by atoms with van der Waals surface area (Å²) in [7, 11) is -4.23. The fourth-order valence-electron chi connectivity index (χ4n) is 1.51. The van der Waals surface area contributed by atoms with E-state index in [-0.39, 0.29) is 17.3 Å². The molecular formula is C13H18O4S2.